The number of hydrogen-bond acceptors (Lipinski definition) is 5. The zero-order chi connectivity index (χ0) is 12.3. The van der Waals surface area contributed by atoms with Crippen molar-refractivity contribution in [2.75, 3.05) is 11.1 Å². The molecule has 2 rings (SSSR count). The van der Waals surface area contributed by atoms with Crippen LogP contribution in [0.5, 0.6) is 0 Å². The maximum absolute atomic E-state index is 5.47. The monoisotopic (exact) mass is 229 g/mol. The SMILES string of the molecule is CC(C)c1ccc(Nc2ncnc(N)n2)cc1. The Kier molecular flexibility index (Phi) is 3.18. The van der Waals surface area contributed by atoms with Gasteiger partial charge in [-0.05, 0) is 23.6 Å². The van der Waals surface area contributed by atoms with E-state index in [2.05, 4.69) is 46.2 Å². The van der Waals surface area contributed by atoms with Crippen LogP contribution in [0.25, 0.3) is 0 Å². The fraction of sp³-hybridized carbons (Fsp3) is 0.250. The molecule has 0 unspecified atom stereocenters. The number of benzene rings is 1. The van der Waals surface area contributed by atoms with Gasteiger partial charge in [0.15, 0.2) is 0 Å². The molecule has 3 N–H and O–H groups in total. The highest BCUT2D eigenvalue weighted by molar-refractivity contribution is 5.54. The van der Waals surface area contributed by atoms with E-state index in [0.717, 1.165) is 5.69 Å². The third-order valence-electron chi connectivity index (χ3n) is 2.42. The van der Waals surface area contributed by atoms with Crippen molar-refractivity contribution in [1.29, 1.82) is 0 Å². The molecule has 0 spiro atoms. The number of aromatic nitrogens is 3. The average molecular weight is 229 g/mol. The molecule has 0 aliphatic rings. The lowest BCUT2D eigenvalue weighted by Crippen LogP contribution is -2.01. The van der Waals surface area contributed by atoms with Crippen LogP contribution in [0.1, 0.15) is 25.3 Å². The summed E-state index contributed by atoms with van der Waals surface area (Å²) in [5.74, 6) is 1.19. The van der Waals surface area contributed by atoms with Gasteiger partial charge in [0.05, 0.1) is 0 Å². The minimum absolute atomic E-state index is 0.210. The highest BCUT2D eigenvalue weighted by Crippen LogP contribution is 2.18. The van der Waals surface area contributed by atoms with Gasteiger partial charge in [-0.1, -0.05) is 26.0 Å². The molecule has 1 aromatic carbocycles. The molecule has 0 saturated heterocycles. The van der Waals surface area contributed by atoms with Crippen LogP contribution in [0, 0.1) is 0 Å². The first-order valence-corrected chi connectivity index (χ1v) is 5.46. The predicted molar refractivity (Wildman–Crippen MR) is 68.1 cm³/mol. The summed E-state index contributed by atoms with van der Waals surface area (Å²) in [4.78, 5) is 11.7. The minimum atomic E-state index is 0.210. The molecule has 0 aliphatic heterocycles. The molecule has 0 radical (unpaired) electrons. The van der Waals surface area contributed by atoms with E-state index < -0.39 is 0 Å². The molecule has 0 saturated carbocycles. The zero-order valence-electron chi connectivity index (χ0n) is 9.88. The largest absolute Gasteiger partial charge is 0.368 e. The highest BCUT2D eigenvalue weighted by atomic mass is 15.2. The summed E-state index contributed by atoms with van der Waals surface area (Å²) in [6.45, 7) is 4.32. The molecular formula is C12H15N5. The van der Waals surface area contributed by atoms with Gasteiger partial charge >= 0.3 is 0 Å². The van der Waals surface area contributed by atoms with E-state index in [1.807, 2.05) is 12.1 Å². The van der Waals surface area contributed by atoms with E-state index in [4.69, 9.17) is 5.73 Å². The van der Waals surface area contributed by atoms with Crippen LogP contribution in [-0.2, 0) is 0 Å². The van der Waals surface area contributed by atoms with Crippen LogP contribution in [-0.4, -0.2) is 15.0 Å². The average Bonchev–Trinajstić information content (AvgIpc) is 2.29. The maximum atomic E-state index is 5.47. The molecule has 5 nitrogen and oxygen atoms in total. The quantitative estimate of drug-likeness (QED) is 0.844. The Hall–Kier alpha value is -2.17. The van der Waals surface area contributed by atoms with Gasteiger partial charge in [-0.15, -0.1) is 0 Å². The lowest BCUT2D eigenvalue weighted by molar-refractivity contribution is 0.867. The molecule has 88 valence electrons. The Labute approximate surface area is 100 Å². The van der Waals surface area contributed by atoms with Crippen molar-refractivity contribution < 1.29 is 0 Å². The number of nitrogen functional groups attached to an aromatic ring is 1. The van der Waals surface area contributed by atoms with Crippen LogP contribution in [0.15, 0.2) is 30.6 Å². The summed E-state index contributed by atoms with van der Waals surface area (Å²) in [6, 6.07) is 8.15. The van der Waals surface area contributed by atoms with Gasteiger partial charge in [-0.3, -0.25) is 0 Å². The van der Waals surface area contributed by atoms with Crippen LogP contribution in [0.2, 0.25) is 0 Å². The van der Waals surface area contributed by atoms with Crippen LogP contribution in [0.4, 0.5) is 17.6 Å². The fourth-order valence-corrected chi connectivity index (χ4v) is 1.45. The molecule has 0 aliphatic carbocycles. The van der Waals surface area contributed by atoms with E-state index in [1.54, 1.807) is 0 Å². The number of rotatable bonds is 3. The van der Waals surface area contributed by atoms with Gasteiger partial charge in [0.25, 0.3) is 0 Å². The molecule has 1 aromatic heterocycles. The molecule has 2 aromatic rings. The summed E-state index contributed by atoms with van der Waals surface area (Å²) >= 11 is 0. The summed E-state index contributed by atoms with van der Waals surface area (Å²) < 4.78 is 0. The summed E-state index contributed by atoms with van der Waals surface area (Å²) in [6.07, 6.45) is 1.38. The molecular weight excluding hydrogens is 214 g/mol. The van der Waals surface area contributed by atoms with Crippen LogP contribution >= 0.6 is 0 Å². The highest BCUT2D eigenvalue weighted by Gasteiger charge is 2.01. The third kappa shape index (κ3) is 2.90. The third-order valence-corrected chi connectivity index (χ3v) is 2.42. The standard InChI is InChI=1S/C12H15N5/c1-8(2)9-3-5-10(6-4-9)16-12-15-7-14-11(13)17-12/h3-8H,1-2H3,(H3,13,14,15,16,17). The van der Waals surface area contributed by atoms with Crippen molar-refractivity contribution in [3.05, 3.63) is 36.2 Å². The maximum Gasteiger partial charge on any atom is 0.231 e. The Morgan fingerprint density at radius 1 is 1.12 bits per heavy atom. The fourth-order valence-electron chi connectivity index (χ4n) is 1.45. The molecule has 0 atom stereocenters. The number of hydrogen-bond donors (Lipinski definition) is 2. The number of anilines is 3. The number of nitrogens with one attached hydrogen (secondary N) is 1. The minimum Gasteiger partial charge on any atom is -0.368 e. The smallest absolute Gasteiger partial charge is 0.231 e. The Morgan fingerprint density at radius 2 is 1.82 bits per heavy atom. The summed E-state index contributed by atoms with van der Waals surface area (Å²) in [7, 11) is 0. The lowest BCUT2D eigenvalue weighted by atomic mass is 10.0. The van der Waals surface area contributed by atoms with Gasteiger partial charge in [0, 0.05) is 5.69 Å². The first-order chi connectivity index (χ1) is 8.15. The molecule has 0 fully saturated rings. The summed E-state index contributed by atoms with van der Waals surface area (Å²) in [5, 5.41) is 3.07. The van der Waals surface area contributed by atoms with Crippen molar-refractivity contribution in [3.8, 4) is 0 Å². The van der Waals surface area contributed by atoms with Gasteiger partial charge in [0.2, 0.25) is 11.9 Å². The van der Waals surface area contributed by atoms with E-state index in [0.29, 0.717) is 11.9 Å². The van der Waals surface area contributed by atoms with Gasteiger partial charge in [-0.2, -0.15) is 4.98 Å². The van der Waals surface area contributed by atoms with Gasteiger partial charge in [0.1, 0.15) is 6.33 Å². The molecule has 1 heterocycles. The van der Waals surface area contributed by atoms with Gasteiger partial charge in [-0.25, -0.2) is 9.97 Å². The molecule has 5 heteroatoms. The second-order valence-electron chi connectivity index (χ2n) is 4.07. The van der Waals surface area contributed by atoms with Crippen LogP contribution in [0.3, 0.4) is 0 Å². The number of nitrogens with zero attached hydrogens (tertiary/aromatic N) is 3. The first kappa shape index (κ1) is 11.3. The predicted octanol–water partition coefficient (Wildman–Crippen LogP) is 2.32. The first-order valence-electron chi connectivity index (χ1n) is 5.46. The van der Waals surface area contributed by atoms with Crippen molar-refractivity contribution in [1.82, 2.24) is 15.0 Å². The van der Waals surface area contributed by atoms with Crippen molar-refractivity contribution in [3.63, 3.8) is 0 Å². The zero-order valence-corrected chi connectivity index (χ0v) is 9.88. The van der Waals surface area contributed by atoms with Crippen molar-refractivity contribution in [2.45, 2.75) is 19.8 Å². The van der Waals surface area contributed by atoms with E-state index in [1.165, 1.54) is 11.9 Å². The van der Waals surface area contributed by atoms with Gasteiger partial charge < -0.3 is 11.1 Å². The van der Waals surface area contributed by atoms with E-state index in [9.17, 15) is 0 Å². The molecule has 17 heavy (non-hydrogen) atoms. The topological polar surface area (TPSA) is 76.7 Å². The van der Waals surface area contributed by atoms with Crippen molar-refractivity contribution in [2.24, 2.45) is 0 Å². The summed E-state index contributed by atoms with van der Waals surface area (Å²) in [5.41, 5.74) is 7.70. The number of nitrogens with two attached hydrogens (primary N) is 1. The Morgan fingerprint density at radius 3 is 2.41 bits per heavy atom. The molecule has 0 amide bonds. The second-order valence-corrected chi connectivity index (χ2v) is 4.07. The normalized spacial score (nSPS) is 10.5. The van der Waals surface area contributed by atoms with E-state index >= 15 is 0 Å². The molecule has 0 bridgehead atoms. The van der Waals surface area contributed by atoms with Crippen LogP contribution < -0.4 is 11.1 Å². The van der Waals surface area contributed by atoms with Crippen molar-refractivity contribution >= 4 is 17.6 Å². The Bertz CT molecular complexity index is 493. The second kappa shape index (κ2) is 4.78. The lowest BCUT2D eigenvalue weighted by Gasteiger charge is -2.08. The van der Waals surface area contributed by atoms with E-state index in [-0.39, 0.29) is 5.95 Å². The Balaban J connectivity index is 2.14.